The highest BCUT2D eigenvalue weighted by atomic mass is 19.4. The summed E-state index contributed by atoms with van der Waals surface area (Å²) in [5, 5.41) is 2.96. The molecule has 2 unspecified atom stereocenters. The van der Waals surface area contributed by atoms with Crippen LogP contribution >= 0.6 is 0 Å². The minimum Gasteiger partial charge on any atom is -0.374 e. The Bertz CT molecular complexity index is 485. The molecule has 1 N–H and O–H groups in total. The van der Waals surface area contributed by atoms with E-state index in [2.05, 4.69) is 12.2 Å². The first-order chi connectivity index (χ1) is 9.82. The first kappa shape index (κ1) is 16.1. The summed E-state index contributed by atoms with van der Waals surface area (Å²) in [7, 11) is 1.87. The van der Waals surface area contributed by atoms with Crippen molar-refractivity contribution in [1.82, 2.24) is 5.32 Å². The van der Waals surface area contributed by atoms with Gasteiger partial charge in [-0.1, -0.05) is 19.9 Å². The summed E-state index contributed by atoms with van der Waals surface area (Å²) in [6, 6.07) is 4.66. The highest BCUT2D eigenvalue weighted by Crippen LogP contribution is 2.39. The highest BCUT2D eigenvalue weighted by molar-refractivity contribution is 5.51. The topological polar surface area (TPSA) is 15.3 Å². The van der Waals surface area contributed by atoms with Gasteiger partial charge in [-0.05, 0) is 42.5 Å². The number of nitrogens with zero attached hydrogens (tertiary/aromatic N) is 1. The van der Waals surface area contributed by atoms with Crippen LogP contribution in [0.3, 0.4) is 0 Å². The van der Waals surface area contributed by atoms with Gasteiger partial charge in [0.05, 0.1) is 5.56 Å². The molecule has 1 aromatic carbocycles. The van der Waals surface area contributed by atoms with E-state index in [4.69, 9.17) is 0 Å². The first-order valence-electron chi connectivity index (χ1n) is 7.45. The summed E-state index contributed by atoms with van der Waals surface area (Å²) < 4.78 is 39.6. The van der Waals surface area contributed by atoms with Crippen LogP contribution in [0.4, 0.5) is 18.9 Å². The molecular weight excluding hydrogens is 277 g/mol. The molecule has 1 fully saturated rings. The molecule has 0 heterocycles. The van der Waals surface area contributed by atoms with Crippen molar-refractivity contribution in [2.75, 3.05) is 25.0 Å². The second-order valence-electron chi connectivity index (χ2n) is 5.97. The second-order valence-corrected chi connectivity index (χ2v) is 5.97. The van der Waals surface area contributed by atoms with Crippen molar-refractivity contribution in [3.05, 3.63) is 29.3 Å². The van der Waals surface area contributed by atoms with E-state index in [1.807, 2.05) is 18.9 Å². The van der Waals surface area contributed by atoms with Crippen molar-refractivity contribution in [1.29, 1.82) is 0 Å². The number of nitrogens with one attached hydrogen (secondary N) is 1. The van der Waals surface area contributed by atoms with Gasteiger partial charge >= 0.3 is 6.18 Å². The molecule has 2 nitrogen and oxygen atoms in total. The maximum Gasteiger partial charge on any atom is 0.416 e. The molecule has 0 aromatic heterocycles. The van der Waals surface area contributed by atoms with Crippen LogP contribution in [0.1, 0.15) is 31.4 Å². The van der Waals surface area contributed by atoms with Gasteiger partial charge in [0.1, 0.15) is 0 Å². The molecule has 2 rings (SSSR count). The fraction of sp³-hybridized carbons (Fsp3) is 0.625. The monoisotopic (exact) mass is 300 g/mol. The maximum absolute atomic E-state index is 13.2. The number of hydrogen-bond donors (Lipinski definition) is 1. The van der Waals surface area contributed by atoms with E-state index >= 15 is 0 Å². The van der Waals surface area contributed by atoms with Gasteiger partial charge in [0.2, 0.25) is 0 Å². The van der Waals surface area contributed by atoms with E-state index < -0.39 is 11.7 Å². The fourth-order valence-electron chi connectivity index (χ4n) is 2.59. The SMILES string of the molecule is CCNCc1ccc(N(C)CC2CC2C)cc1C(F)(F)F. The molecule has 2 atom stereocenters. The van der Waals surface area contributed by atoms with Gasteiger partial charge in [-0.2, -0.15) is 13.2 Å². The minimum absolute atomic E-state index is 0.245. The van der Waals surface area contributed by atoms with Crippen LogP contribution in [0, 0.1) is 11.8 Å². The van der Waals surface area contributed by atoms with Gasteiger partial charge < -0.3 is 10.2 Å². The van der Waals surface area contributed by atoms with Crippen LogP contribution in [0.2, 0.25) is 0 Å². The van der Waals surface area contributed by atoms with Crippen molar-refractivity contribution >= 4 is 5.69 Å². The summed E-state index contributed by atoms with van der Waals surface area (Å²) in [5.41, 5.74) is 0.416. The molecule has 1 aromatic rings. The number of rotatable bonds is 6. The third-order valence-corrected chi connectivity index (χ3v) is 4.19. The van der Waals surface area contributed by atoms with Crippen molar-refractivity contribution in [2.45, 2.75) is 33.0 Å². The molecule has 0 spiro atoms. The zero-order valence-electron chi connectivity index (χ0n) is 12.8. The first-order valence-corrected chi connectivity index (χ1v) is 7.45. The molecule has 1 saturated carbocycles. The Morgan fingerprint density at radius 2 is 2.00 bits per heavy atom. The lowest BCUT2D eigenvalue weighted by molar-refractivity contribution is -0.138. The van der Waals surface area contributed by atoms with E-state index in [0.29, 0.717) is 29.6 Å². The summed E-state index contributed by atoms with van der Waals surface area (Å²) >= 11 is 0. The van der Waals surface area contributed by atoms with Crippen LogP contribution < -0.4 is 10.2 Å². The van der Waals surface area contributed by atoms with Crippen molar-refractivity contribution in [3.63, 3.8) is 0 Å². The Balaban J connectivity index is 2.19. The van der Waals surface area contributed by atoms with Gasteiger partial charge in [-0.3, -0.25) is 0 Å². The third-order valence-electron chi connectivity index (χ3n) is 4.19. The lowest BCUT2D eigenvalue weighted by atomic mass is 10.1. The normalized spacial score (nSPS) is 21.4. The predicted octanol–water partition coefficient (Wildman–Crippen LogP) is 3.91. The number of anilines is 1. The van der Waals surface area contributed by atoms with Crippen LogP contribution in [-0.4, -0.2) is 20.1 Å². The minimum atomic E-state index is -4.31. The van der Waals surface area contributed by atoms with Gasteiger partial charge in [-0.25, -0.2) is 0 Å². The predicted molar refractivity (Wildman–Crippen MR) is 79.4 cm³/mol. The van der Waals surface area contributed by atoms with E-state index in [0.717, 1.165) is 6.54 Å². The zero-order valence-corrected chi connectivity index (χ0v) is 12.8. The fourth-order valence-corrected chi connectivity index (χ4v) is 2.59. The largest absolute Gasteiger partial charge is 0.416 e. The van der Waals surface area contributed by atoms with Gasteiger partial charge in [0.15, 0.2) is 0 Å². The Hall–Kier alpha value is -1.23. The van der Waals surface area contributed by atoms with Gasteiger partial charge in [0.25, 0.3) is 0 Å². The second kappa shape index (κ2) is 6.26. The number of alkyl halides is 3. The smallest absolute Gasteiger partial charge is 0.374 e. The van der Waals surface area contributed by atoms with E-state index in [9.17, 15) is 13.2 Å². The molecule has 0 amide bonds. The molecule has 1 aliphatic rings. The number of halogens is 3. The molecule has 0 saturated heterocycles. The average molecular weight is 300 g/mol. The van der Waals surface area contributed by atoms with Crippen molar-refractivity contribution < 1.29 is 13.2 Å². The number of benzene rings is 1. The molecule has 0 bridgehead atoms. The standard InChI is InChI=1S/C16H23F3N2/c1-4-20-9-12-5-6-14(8-15(12)16(17,18)19)21(3)10-13-7-11(13)2/h5-6,8,11,13,20H,4,7,9-10H2,1-3H3. The van der Waals surface area contributed by atoms with Crippen molar-refractivity contribution in [3.8, 4) is 0 Å². The van der Waals surface area contributed by atoms with Crippen LogP contribution in [0.25, 0.3) is 0 Å². The summed E-state index contributed by atoms with van der Waals surface area (Å²) in [5.74, 6) is 1.31. The third kappa shape index (κ3) is 4.13. The summed E-state index contributed by atoms with van der Waals surface area (Å²) in [6.07, 6.45) is -3.14. The maximum atomic E-state index is 13.2. The lowest BCUT2D eigenvalue weighted by Gasteiger charge is -2.22. The molecule has 118 valence electrons. The quantitative estimate of drug-likeness (QED) is 0.857. The van der Waals surface area contributed by atoms with Gasteiger partial charge in [-0.15, -0.1) is 0 Å². The molecule has 0 aliphatic heterocycles. The van der Waals surface area contributed by atoms with E-state index in [1.165, 1.54) is 12.5 Å². The molecular formula is C16H23F3N2. The van der Waals surface area contributed by atoms with E-state index in [-0.39, 0.29) is 6.54 Å². The van der Waals surface area contributed by atoms with E-state index in [1.54, 1.807) is 12.1 Å². The zero-order chi connectivity index (χ0) is 15.6. The Labute approximate surface area is 124 Å². The Kier molecular flexibility index (Phi) is 4.81. The Morgan fingerprint density at radius 3 is 2.52 bits per heavy atom. The van der Waals surface area contributed by atoms with Crippen LogP contribution in [0.15, 0.2) is 18.2 Å². The summed E-state index contributed by atoms with van der Waals surface area (Å²) in [6.45, 7) is 5.78. The lowest BCUT2D eigenvalue weighted by Crippen LogP contribution is -2.22. The summed E-state index contributed by atoms with van der Waals surface area (Å²) in [4.78, 5) is 1.93. The highest BCUT2D eigenvalue weighted by Gasteiger charge is 2.35. The van der Waals surface area contributed by atoms with Crippen LogP contribution in [0.5, 0.6) is 0 Å². The number of hydrogen-bond acceptors (Lipinski definition) is 2. The molecule has 1 aliphatic carbocycles. The van der Waals surface area contributed by atoms with Crippen molar-refractivity contribution in [2.24, 2.45) is 11.8 Å². The molecule has 21 heavy (non-hydrogen) atoms. The Morgan fingerprint density at radius 1 is 1.33 bits per heavy atom. The van der Waals surface area contributed by atoms with Gasteiger partial charge in [0, 0.05) is 25.8 Å². The molecule has 0 radical (unpaired) electrons. The average Bonchev–Trinajstić information content (AvgIpc) is 3.10. The van der Waals surface area contributed by atoms with Crippen LogP contribution in [-0.2, 0) is 12.7 Å². The molecule has 5 heteroatoms.